The van der Waals surface area contributed by atoms with Gasteiger partial charge in [0, 0.05) is 5.39 Å². The largest absolute Gasteiger partial charge is 0.312 e. The van der Waals surface area contributed by atoms with Gasteiger partial charge in [0.05, 0.1) is 11.7 Å². The van der Waals surface area contributed by atoms with E-state index in [1.54, 1.807) is 0 Å². The molecule has 3 nitrogen and oxygen atoms in total. The van der Waals surface area contributed by atoms with E-state index < -0.39 is 0 Å². The lowest BCUT2D eigenvalue weighted by atomic mass is 10.3. The molecule has 0 aliphatic heterocycles. The first-order valence-corrected chi connectivity index (χ1v) is 4.19. The summed E-state index contributed by atoms with van der Waals surface area (Å²) in [7, 11) is 6.00. The van der Waals surface area contributed by atoms with Crippen molar-refractivity contribution in [3.63, 3.8) is 0 Å². The zero-order valence-electron chi connectivity index (χ0n) is 8.28. The zero-order valence-corrected chi connectivity index (χ0v) is 8.28. The van der Waals surface area contributed by atoms with Crippen LogP contribution in [0.1, 0.15) is 0 Å². The number of fused-ring (bicyclic) bond motifs is 1. The number of hydrogen-bond acceptors (Lipinski definition) is 2. The first-order chi connectivity index (χ1) is 6.20. The van der Waals surface area contributed by atoms with Gasteiger partial charge in [-0.25, -0.2) is 0 Å². The number of nitrogens with one attached hydrogen (secondary N) is 1. The van der Waals surface area contributed by atoms with E-state index in [4.69, 9.17) is 0 Å². The van der Waals surface area contributed by atoms with Crippen LogP contribution in [0.5, 0.6) is 0 Å². The molecule has 0 unspecified atom stereocenters. The maximum absolute atomic E-state index is 3.88. The number of para-hydroxylation sites is 1. The molecule has 0 atom stereocenters. The Kier molecular flexibility index (Phi) is 3.46. The molecule has 1 aromatic heterocycles. The second-order valence-electron chi connectivity index (χ2n) is 3.30. The third kappa shape index (κ3) is 3.25. The van der Waals surface area contributed by atoms with Crippen molar-refractivity contribution in [3.05, 3.63) is 30.5 Å². The molecule has 2 rings (SSSR count). The van der Waals surface area contributed by atoms with E-state index in [2.05, 4.69) is 10.2 Å². The van der Waals surface area contributed by atoms with Crippen LogP contribution in [0.3, 0.4) is 0 Å². The van der Waals surface area contributed by atoms with Crippen molar-refractivity contribution in [3.8, 4) is 0 Å². The molecule has 1 heterocycles. The summed E-state index contributed by atoms with van der Waals surface area (Å²) in [5.74, 6) is 0. The van der Waals surface area contributed by atoms with E-state index in [-0.39, 0.29) is 0 Å². The third-order valence-electron chi connectivity index (χ3n) is 1.35. The van der Waals surface area contributed by atoms with Crippen LogP contribution in [0.2, 0.25) is 0 Å². The van der Waals surface area contributed by atoms with Gasteiger partial charge in [-0.1, -0.05) is 18.2 Å². The number of aromatic amines is 1. The summed E-state index contributed by atoms with van der Waals surface area (Å²) in [6, 6.07) is 8.01. The minimum absolute atomic E-state index is 1.09. The molecular weight excluding hydrogens is 162 g/mol. The molecule has 2 aromatic rings. The molecule has 0 aliphatic rings. The Balaban J connectivity index is 0.000000184. The van der Waals surface area contributed by atoms with E-state index in [1.807, 2.05) is 56.5 Å². The SMILES string of the molecule is CN(C)C.c1ccc2[nH]ncc2c1. The highest BCUT2D eigenvalue weighted by atomic mass is 15.1. The van der Waals surface area contributed by atoms with Gasteiger partial charge in [0.1, 0.15) is 0 Å². The fraction of sp³-hybridized carbons (Fsp3) is 0.300. The average Bonchev–Trinajstić information content (AvgIpc) is 2.49. The summed E-state index contributed by atoms with van der Waals surface area (Å²) in [6.45, 7) is 0. The van der Waals surface area contributed by atoms with Gasteiger partial charge in [0.2, 0.25) is 0 Å². The molecule has 0 bridgehead atoms. The lowest BCUT2D eigenvalue weighted by Gasteiger charge is -1.90. The quantitative estimate of drug-likeness (QED) is 0.664. The molecule has 0 fully saturated rings. The van der Waals surface area contributed by atoms with Crippen LogP contribution >= 0.6 is 0 Å². The standard InChI is InChI=1S/C7H6N2.C3H9N/c1-2-4-7-6(3-1)5-8-9-7;1-4(2)3/h1-5H,(H,8,9);1-3H3. The predicted molar refractivity (Wildman–Crippen MR) is 55.7 cm³/mol. The van der Waals surface area contributed by atoms with E-state index in [1.165, 1.54) is 0 Å². The molecule has 0 amide bonds. The van der Waals surface area contributed by atoms with Gasteiger partial charge in [0.25, 0.3) is 0 Å². The monoisotopic (exact) mass is 177 g/mol. The van der Waals surface area contributed by atoms with Crippen molar-refractivity contribution >= 4 is 10.9 Å². The van der Waals surface area contributed by atoms with E-state index in [0.717, 1.165) is 10.9 Å². The van der Waals surface area contributed by atoms with Crippen LogP contribution in [0.15, 0.2) is 30.5 Å². The first-order valence-electron chi connectivity index (χ1n) is 4.19. The second kappa shape index (κ2) is 4.62. The summed E-state index contributed by atoms with van der Waals surface area (Å²) < 4.78 is 0. The molecule has 1 N–H and O–H groups in total. The van der Waals surface area contributed by atoms with Crippen LogP contribution in [0, 0.1) is 0 Å². The Hall–Kier alpha value is -1.35. The summed E-state index contributed by atoms with van der Waals surface area (Å²) in [5.41, 5.74) is 1.09. The van der Waals surface area contributed by atoms with Crippen LogP contribution in [-0.2, 0) is 0 Å². The molecule has 0 saturated carbocycles. The van der Waals surface area contributed by atoms with Crippen LogP contribution in [-0.4, -0.2) is 36.2 Å². The summed E-state index contributed by atoms with van der Waals surface area (Å²) in [6.07, 6.45) is 1.81. The maximum Gasteiger partial charge on any atom is 0.0650 e. The number of aromatic nitrogens is 2. The Labute approximate surface area is 78.4 Å². The van der Waals surface area contributed by atoms with Crippen LogP contribution in [0.4, 0.5) is 0 Å². The average molecular weight is 177 g/mol. The smallest absolute Gasteiger partial charge is 0.0650 e. The molecular formula is C10H15N3. The van der Waals surface area contributed by atoms with Crippen molar-refractivity contribution in [2.75, 3.05) is 21.1 Å². The fourth-order valence-electron chi connectivity index (χ4n) is 0.883. The minimum atomic E-state index is 1.09. The van der Waals surface area contributed by atoms with Crippen molar-refractivity contribution in [2.45, 2.75) is 0 Å². The van der Waals surface area contributed by atoms with Crippen LogP contribution in [0.25, 0.3) is 10.9 Å². The third-order valence-corrected chi connectivity index (χ3v) is 1.35. The topological polar surface area (TPSA) is 31.9 Å². The second-order valence-corrected chi connectivity index (χ2v) is 3.30. The minimum Gasteiger partial charge on any atom is -0.312 e. The molecule has 0 spiro atoms. The molecule has 70 valence electrons. The van der Waals surface area contributed by atoms with Gasteiger partial charge in [-0.05, 0) is 27.2 Å². The number of rotatable bonds is 0. The summed E-state index contributed by atoms with van der Waals surface area (Å²) in [5, 5.41) is 7.91. The van der Waals surface area contributed by atoms with E-state index >= 15 is 0 Å². The number of benzene rings is 1. The Morgan fingerprint density at radius 2 is 1.77 bits per heavy atom. The van der Waals surface area contributed by atoms with E-state index in [0.29, 0.717) is 0 Å². The molecule has 0 radical (unpaired) electrons. The molecule has 1 aromatic carbocycles. The summed E-state index contributed by atoms with van der Waals surface area (Å²) >= 11 is 0. The normalized spacial score (nSPS) is 9.85. The number of H-pyrrole nitrogens is 1. The molecule has 13 heavy (non-hydrogen) atoms. The fourth-order valence-corrected chi connectivity index (χ4v) is 0.883. The van der Waals surface area contributed by atoms with Gasteiger partial charge in [0.15, 0.2) is 0 Å². The molecule has 0 aliphatic carbocycles. The van der Waals surface area contributed by atoms with Gasteiger partial charge >= 0.3 is 0 Å². The summed E-state index contributed by atoms with van der Waals surface area (Å²) in [4.78, 5) is 2.00. The highest BCUT2D eigenvalue weighted by Crippen LogP contribution is 2.06. The number of nitrogens with zero attached hydrogens (tertiary/aromatic N) is 2. The lowest BCUT2D eigenvalue weighted by molar-refractivity contribution is 0.505. The Morgan fingerprint density at radius 1 is 1.15 bits per heavy atom. The highest BCUT2D eigenvalue weighted by molar-refractivity contribution is 5.77. The highest BCUT2D eigenvalue weighted by Gasteiger charge is 1.88. The molecule has 3 heteroatoms. The van der Waals surface area contributed by atoms with Crippen molar-refractivity contribution < 1.29 is 0 Å². The van der Waals surface area contributed by atoms with Gasteiger partial charge < -0.3 is 4.90 Å². The molecule has 0 saturated heterocycles. The lowest BCUT2D eigenvalue weighted by Crippen LogP contribution is -1.99. The van der Waals surface area contributed by atoms with Gasteiger partial charge in [-0.15, -0.1) is 0 Å². The van der Waals surface area contributed by atoms with Crippen molar-refractivity contribution in [1.29, 1.82) is 0 Å². The zero-order chi connectivity index (χ0) is 9.68. The Bertz CT molecular complexity index is 319. The van der Waals surface area contributed by atoms with Crippen LogP contribution < -0.4 is 0 Å². The number of hydrogen-bond donors (Lipinski definition) is 1. The Morgan fingerprint density at radius 3 is 2.38 bits per heavy atom. The van der Waals surface area contributed by atoms with Crippen molar-refractivity contribution in [2.24, 2.45) is 0 Å². The maximum atomic E-state index is 3.88. The predicted octanol–water partition coefficient (Wildman–Crippen LogP) is 1.74. The van der Waals surface area contributed by atoms with Gasteiger partial charge in [-0.2, -0.15) is 5.10 Å². The first kappa shape index (κ1) is 9.74. The van der Waals surface area contributed by atoms with E-state index in [9.17, 15) is 0 Å². The van der Waals surface area contributed by atoms with Crippen molar-refractivity contribution in [1.82, 2.24) is 15.1 Å². The van der Waals surface area contributed by atoms with Gasteiger partial charge in [-0.3, -0.25) is 5.10 Å².